The minimum Gasteiger partial charge on any atom is -0.481 e. The number of sulfonamides is 1. The zero-order chi connectivity index (χ0) is 38.0. The van der Waals surface area contributed by atoms with Gasteiger partial charge >= 0.3 is 5.97 Å². The summed E-state index contributed by atoms with van der Waals surface area (Å²) in [6.07, 6.45) is 8.11. The van der Waals surface area contributed by atoms with E-state index in [-0.39, 0.29) is 45.8 Å². The molecule has 4 aliphatic carbocycles. The second-order valence-corrected chi connectivity index (χ2v) is 21.5. The van der Waals surface area contributed by atoms with Crippen LogP contribution in [-0.2, 0) is 24.3 Å². The normalized spacial score (nSPS) is 42.9. The first-order chi connectivity index (χ1) is 23.3. The van der Waals surface area contributed by atoms with E-state index in [1.807, 2.05) is 6.92 Å². The lowest BCUT2D eigenvalue weighted by Crippen LogP contribution is -2.69. The fraction of sp³-hybridized carbons (Fsp3) is 0.872. The third-order valence-electron chi connectivity index (χ3n) is 16.5. The number of carboxylic acid groups (broad SMARTS) is 1. The van der Waals surface area contributed by atoms with E-state index in [4.69, 9.17) is 20.3 Å². The number of fused-ring (bicyclic) bond motifs is 3. The smallest absolute Gasteiger partial charge is 0.307 e. The highest BCUT2D eigenvalue weighted by molar-refractivity contribution is 7.89. The molecule has 0 amide bonds. The fourth-order valence-electron chi connectivity index (χ4n) is 12.3. The molecule has 12 heteroatoms. The van der Waals surface area contributed by atoms with Gasteiger partial charge in [-0.15, -0.1) is 0 Å². The molecule has 12 atom stereocenters. The van der Waals surface area contributed by atoms with Crippen LogP contribution in [0.2, 0.25) is 0 Å². The first-order valence-electron chi connectivity index (χ1n) is 19.2. The van der Waals surface area contributed by atoms with E-state index in [2.05, 4.69) is 85.4 Å². The monoisotopic (exact) mass is 731 g/mol. The molecular weight excluding hydrogens is 667 g/mol. The second-order valence-electron chi connectivity index (χ2n) is 20.0. The minimum atomic E-state index is -4.19. The predicted molar refractivity (Wildman–Crippen MR) is 196 cm³/mol. The van der Waals surface area contributed by atoms with Gasteiger partial charge in [0.1, 0.15) is 6.33 Å². The Hall–Kier alpha value is -1.86. The van der Waals surface area contributed by atoms with Crippen molar-refractivity contribution < 1.29 is 27.8 Å². The Morgan fingerprint density at radius 1 is 1.10 bits per heavy atom. The summed E-state index contributed by atoms with van der Waals surface area (Å²) in [5.74, 6) is -0.177. The maximum Gasteiger partial charge on any atom is 0.307 e. The van der Waals surface area contributed by atoms with Gasteiger partial charge in [0.25, 0.3) is 15.2 Å². The molecule has 288 valence electrons. The summed E-state index contributed by atoms with van der Waals surface area (Å²) in [7, 11) is -4.19. The quantitative estimate of drug-likeness (QED) is 0.263. The molecule has 1 saturated heterocycles. The topological polar surface area (TPSA) is 173 Å². The molecule has 5 aliphatic rings. The first-order valence-corrected chi connectivity index (χ1v) is 20.7. The molecule has 5 N–H and O–H groups in total. The SMILES string of the molecule is CC(C)[C@@H](C)[C@@]1(C)CC[C@]2(C)[C@H]3CC[C@@H]4[C@@]5(COC[C@]4(C)[C@@H](OC[C@](C)(N)C(C)(C)C)[C@H](n4ncnc4S(N)(=O)=O)C5)C3=CC[C@@]2(C)[C@@H]1C(=O)O. The van der Waals surface area contributed by atoms with E-state index in [1.54, 1.807) is 0 Å². The Kier molecular flexibility index (Phi) is 9.20. The highest BCUT2D eigenvalue weighted by atomic mass is 32.2. The summed E-state index contributed by atoms with van der Waals surface area (Å²) in [5, 5.41) is 21.1. The van der Waals surface area contributed by atoms with Crippen molar-refractivity contribution in [3.8, 4) is 0 Å². The highest BCUT2D eigenvalue weighted by Crippen LogP contribution is 2.75. The summed E-state index contributed by atoms with van der Waals surface area (Å²) < 4.78 is 40.9. The van der Waals surface area contributed by atoms with E-state index in [9.17, 15) is 18.3 Å². The molecular formula is C39H65N5O6S. The Morgan fingerprint density at radius 3 is 2.35 bits per heavy atom. The number of allylic oxidation sites excluding steroid dienone is 1. The van der Waals surface area contributed by atoms with Crippen molar-refractivity contribution in [2.24, 2.45) is 73.0 Å². The number of hydrogen-bond donors (Lipinski definition) is 3. The van der Waals surface area contributed by atoms with Gasteiger partial charge in [0.05, 0.1) is 37.9 Å². The summed E-state index contributed by atoms with van der Waals surface area (Å²) in [4.78, 5) is 17.6. The molecule has 2 heterocycles. The zero-order valence-electron chi connectivity index (χ0n) is 33.0. The second kappa shape index (κ2) is 12.1. The number of carboxylic acids is 1. The lowest BCUT2D eigenvalue weighted by molar-refractivity contribution is -0.254. The van der Waals surface area contributed by atoms with Crippen molar-refractivity contribution >= 4 is 16.0 Å². The van der Waals surface area contributed by atoms with Gasteiger partial charge in [-0.3, -0.25) is 4.79 Å². The van der Waals surface area contributed by atoms with Gasteiger partial charge < -0.3 is 20.3 Å². The number of carbonyl (C=O) groups is 1. The van der Waals surface area contributed by atoms with Gasteiger partial charge in [-0.05, 0) is 90.8 Å². The first kappa shape index (κ1) is 38.9. The van der Waals surface area contributed by atoms with Crippen LogP contribution in [0.25, 0.3) is 0 Å². The third kappa shape index (κ3) is 5.45. The number of nitrogens with zero attached hydrogens (tertiary/aromatic N) is 3. The van der Waals surface area contributed by atoms with Gasteiger partial charge in [-0.2, -0.15) is 5.10 Å². The summed E-state index contributed by atoms with van der Waals surface area (Å²) in [6.45, 7) is 25.3. The molecule has 11 nitrogen and oxygen atoms in total. The fourth-order valence-corrected chi connectivity index (χ4v) is 12.9. The number of aliphatic carboxylic acids is 1. The lowest BCUT2D eigenvalue weighted by atomic mass is 9.34. The standard InChI is InChI=1S/C39H65N5O6S/c1-23(2)24(3)34(7)16-17-36(9)25-12-13-28-35(8)19-49-21-39(28,26(25)14-15-37(36,10)29(34)31(45)46)18-27(44-32(42-22-43-44)51(41,47)48)30(35)50-20-38(11,40)33(4,5)6/h14,22-25,27-30H,12-13,15-21,40H2,1-11H3,(H,45,46)(H2,41,47,48)/t24-,25+,27-,28+,29-,30+,34-,35+,36-,37+,38+,39+/m1/s1. The average molecular weight is 732 g/mol. The van der Waals surface area contributed by atoms with Crippen molar-refractivity contribution in [2.75, 3.05) is 19.8 Å². The summed E-state index contributed by atoms with van der Waals surface area (Å²) >= 11 is 0. The number of nitrogens with two attached hydrogens (primary N) is 2. The molecule has 3 saturated carbocycles. The van der Waals surface area contributed by atoms with E-state index >= 15 is 0 Å². The van der Waals surface area contributed by atoms with Crippen LogP contribution in [0, 0.1) is 62.1 Å². The number of hydrogen-bond acceptors (Lipinski definition) is 8. The largest absolute Gasteiger partial charge is 0.481 e. The van der Waals surface area contributed by atoms with Crippen molar-refractivity contribution in [3.63, 3.8) is 0 Å². The van der Waals surface area contributed by atoms with Gasteiger partial charge in [-0.1, -0.05) is 80.9 Å². The zero-order valence-corrected chi connectivity index (χ0v) is 33.8. The van der Waals surface area contributed by atoms with Gasteiger partial charge in [0.15, 0.2) is 0 Å². The molecule has 0 spiro atoms. The van der Waals surface area contributed by atoms with E-state index in [0.29, 0.717) is 32.0 Å². The molecule has 1 aromatic rings. The van der Waals surface area contributed by atoms with Crippen LogP contribution >= 0.6 is 0 Å². The van der Waals surface area contributed by atoms with E-state index in [0.717, 1.165) is 25.7 Å². The van der Waals surface area contributed by atoms with Crippen molar-refractivity contribution in [3.05, 3.63) is 18.0 Å². The number of ether oxygens (including phenoxy) is 2. The van der Waals surface area contributed by atoms with Crippen LogP contribution < -0.4 is 10.9 Å². The molecule has 0 radical (unpaired) electrons. The average Bonchev–Trinajstić information content (AvgIpc) is 3.50. The highest BCUT2D eigenvalue weighted by Gasteiger charge is 2.72. The molecule has 0 aromatic carbocycles. The summed E-state index contributed by atoms with van der Waals surface area (Å²) in [5.41, 5.74) is 5.35. The molecule has 51 heavy (non-hydrogen) atoms. The molecule has 1 aromatic heterocycles. The van der Waals surface area contributed by atoms with Crippen molar-refractivity contribution in [2.45, 2.75) is 138 Å². The number of rotatable bonds is 8. The maximum atomic E-state index is 13.5. The van der Waals surface area contributed by atoms with Crippen molar-refractivity contribution in [1.29, 1.82) is 0 Å². The molecule has 2 bridgehead atoms. The van der Waals surface area contributed by atoms with Crippen LogP contribution in [0.5, 0.6) is 0 Å². The van der Waals surface area contributed by atoms with E-state index in [1.165, 1.54) is 16.6 Å². The Bertz CT molecular complexity index is 1680. The Morgan fingerprint density at radius 2 is 1.76 bits per heavy atom. The molecule has 6 rings (SSSR count). The van der Waals surface area contributed by atoms with Crippen LogP contribution in [-0.4, -0.2) is 65.7 Å². The Balaban J connectivity index is 1.49. The minimum absolute atomic E-state index is 0.166. The van der Waals surface area contributed by atoms with E-state index < -0.39 is 55.8 Å². The number of primary sulfonamides is 1. The van der Waals surface area contributed by atoms with Gasteiger partial charge in [-0.25, -0.2) is 23.2 Å². The summed E-state index contributed by atoms with van der Waals surface area (Å²) in [6, 6.07) is -0.504. The molecule has 0 unspecified atom stereocenters. The maximum absolute atomic E-state index is 13.5. The van der Waals surface area contributed by atoms with Crippen molar-refractivity contribution in [1.82, 2.24) is 14.8 Å². The molecule has 4 fully saturated rings. The van der Waals surface area contributed by atoms with Crippen LogP contribution in [0.4, 0.5) is 0 Å². The molecule has 1 aliphatic heterocycles. The van der Waals surface area contributed by atoms with Crippen LogP contribution in [0.3, 0.4) is 0 Å². The van der Waals surface area contributed by atoms with Crippen LogP contribution in [0.1, 0.15) is 121 Å². The van der Waals surface area contributed by atoms with Gasteiger partial charge in [0, 0.05) is 16.4 Å². The number of aromatic nitrogens is 3. The van der Waals surface area contributed by atoms with Gasteiger partial charge in [0.2, 0.25) is 0 Å². The van der Waals surface area contributed by atoms with Crippen LogP contribution in [0.15, 0.2) is 23.1 Å². The third-order valence-corrected chi connectivity index (χ3v) is 17.3. The lowest BCUT2D eigenvalue weighted by Gasteiger charge is -2.71. The Labute approximate surface area is 306 Å². The predicted octanol–water partition coefficient (Wildman–Crippen LogP) is 6.20.